The van der Waals surface area contributed by atoms with Gasteiger partial charge in [0, 0.05) is 36.7 Å². The summed E-state index contributed by atoms with van der Waals surface area (Å²) in [7, 11) is 2.96. The van der Waals surface area contributed by atoms with Crippen molar-refractivity contribution >= 4 is 22.8 Å². The molecule has 4 rings (SSSR count). The van der Waals surface area contributed by atoms with E-state index in [0.29, 0.717) is 17.7 Å². The molecule has 0 aliphatic carbocycles. The van der Waals surface area contributed by atoms with Gasteiger partial charge >= 0.3 is 0 Å². The molecule has 2 amide bonds. The van der Waals surface area contributed by atoms with Crippen LogP contribution in [-0.2, 0) is 20.7 Å². The normalized spacial score (nSPS) is 12.8. The van der Waals surface area contributed by atoms with Gasteiger partial charge in [0.2, 0.25) is 5.91 Å². The Kier molecular flexibility index (Phi) is 9.85. The van der Waals surface area contributed by atoms with Crippen LogP contribution in [0.5, 0.6) is 0 Å². The first-order chi connectivity index (χ1) is 19.0. The standard InChI is InChI=1S/C31H34N2O6/c1-37-31(38-2)26(19-25(30(35)33-36)13-8-11-21-9-4-3-5-10-21)32-29(34)23-17-15-22(16-18-23)28-20-24-12-6-7-14-27(24)39-28/h3-7,9-10,12,14-18,20,25-26,31,36H,8,11,13,19H2,1-2H3,(H,32,34)(H,33,35)/t25-,26-/m0/s1. The topological polar surface area (TPSA) is 110 Å². The zero-order valence-corrected chi connectivity index (χ0v) is 22.1. The Labute approximate surface area is 227 Å². The minimum absolute atomic E-state index is 0.219. The molecule has 4 aromatic rings. The van der Waals surface area contributed by atoms with Crippen LogP contribution in [0.1, 0.15) is 35.2 Å². The van der Waals surface area contributed by atoms with Crippen molar-refractivity contribution < 1.29 is 28.7 Å². The van der Waals surface area contributed by atoms with Crippen LogP contribution >= 0.6 is 0 Å². The number of methoxy groups -OCH3 is 2. The van der Waals surface area contributed by atoms with E-state index < -0.39 is 24.2 Å². The van der Waals surface area contributed by atoms with E-state index in [4.69, 9.17) is 13.9 Å². The third-order valence-corrected chi connectivity index (χ3v) is 6.85. The van der Waals surface area contributed by atoms with Crippen LogP contribution in [0.25, 0.3) is 22.3 Å². The van der Waals surface area contributed by atoms with Crippen LogP contribution < -0.4 is 10.8 Å². The van der Waals surface area contributed by atoms with Crippen LogP contribution in [-0.4, -0.2) is 43.6 Å². The van der Waals surface area contributed by atoms with Gasteiger partial charge in [0.05, 0.1) is 6.04 Å². The van der Waals surface area contributed by atoms with E-state index in [2.05, 4.69) is 5.32 Å². The van der Waals surface area contributed by atoms with Crippen LogP contribution in [0.15, 0.2) is 89.3 Å². The van der Waals surface area contributed by atoms with Gasteiger partial charge in [0.15, 0.2) is 6.29 Å². The third kappa shape index (κ3) is 7.32. The van der Waals surface area contributed by atoms with E-state index in [1.807, 2.05) is 72.8 Å². The van der Waals surface area contributed by atoms with E-state index in [1.54, 1.807) is 17.6 Å². The molecule has 8 nitrogen and oxygen atoms in total. The minimum Gasteiger partial charge on any atom is -0.456 e. The molecule has 1 aromatic heterocycles. The molecule has 2 atom stereocenters. The monoisotopic (exact) mass is 530 g/mol. The first-order valence-corrected chi connectivity index (χ1v) is 13.0. The number of hydrogen-bond donors (Lipinski definition) is 3. The minimum atomic E-state index is -0.785. The van der Waals surface area contributed by atoms with Gasteiger partial charge in [0.1, 0.15) is 11.3 Å². The maximum absolute atomic E-state index is 13.2. The highest BCUT2D eigenvalue weighted by Crippen LogP contribution is 2.28. The first-order valence-electron chi connectivity index (χ1n) is 13.0. The molecule has 0 fully saturated rings. The number of amides is 2. The molecule has 0 aliphatic rings. The highest BCUT2D eigenvalue weighted by molar-refractivity contribution is 5.95. The summed E-state index contributed by atoms with van der Waals surface area (Å²) in [5.41, 5.74) is 5.03. The molecule has 0 saturated heterocycles. The van der Waals surface area contributed by atoms with Crippen molar-refractivity contribution in [3.63, 3.8) is 0 Å². The number of carbonyl (C=O) groups is 2. The van der Waals surface area contributed by atoms with Gasteiger partial charge in [0.25, 0.3) is 5.91 Å². The van der Waals surface area contributed by atoms with Crippen molar-refractivity contribution in [3.05, 3.63) is 96.1 Å². The molecule has 0 radical (unpaired) electrons. The second-order valence-electron chi connectivity index (χ2n) is 9.43. The number of furan rings is 1. The van der Waals surface area contributed by atoms with E-state index in [9.17, 15) is 14.8 Å². The van der Waals surface area contributed by atoms with Crippen LogP contribution in [0.3, 0.4) is 0 Å². The molecule has 204 valence electrons. The maximum Gasteiger partial charge on any atom is 0.251 e. The maximum atomic E-state index is 13.2. The lowest BCUT2D eigenvalue weighted by Crippen LogP contribution is -2.47. The van der Waals surface area contributed by atoms with E-state index >= 15 is 0 Å². The number of fused-ring (bicyclic) bond motifs is 1. The molecule has 3 N–H and O–H groups in total. The molecular formula is C31H34N2O6. The number of aryl methyl sites for hydroxylation is 1. The largest absolute Gasteiger partial charge is 0.456 e. The third-order valence-electron chi connectivity index (χ3n) is 6.85. The fourth-order valence-electron chi connectivity index (χ4n) is 4.78. The lowest BCUT2D eigenvalue weighted by atomic mass is 9.92. The van der Waals surface area contributed by atoms with Gasteiger partial charge in [-0.3, -0.25) is 14.8 Å². The van der Waals surface area contributed by atoms with Crippen LogP contribution in [0.2, 0.25) is 0 Å². The summed E-state index contributed by atoms with van der Waals surface area (Å²) in [4.78, 5) is 25.7. The van der Waals surface area contributed by atoms with Crippen molar-refractivity contribution in [2.45, 2.75) is 38.0 Å². The lowest BCUT2D eigenvalue weighted by Gasteiger charge is -2.28. The van der Waals surface area contributed by atoms with Crippen molar-refractivity contribution in [1.29, 1.82) is 0 Å². The fourth-order valence-corrected chi connectivity index (χ4v) is 4.78. The van der Waals surface area contributed by atoms with Crippen molar-refractivity contribution in [2.24, 2.45) is 5.92 Å². The molecule has 8 heteroatoms. The number of hydroxylamine groups is 1. The van der Waals surface area contributed by atoms with Gasteiger partial charge in [-0.05, 0) is 55.5 Å². The van der Waals surface area contributed by atoms with E-state index in [-0.39, 0.29) is 12.3 Å². The zero-order valence-electron chi connectivity index (χ0n) is 22.1. The molecule has 0 spiro atoms. The number of carbonyl (C=O) groups excluding carboxylic acids is 2. The number of benzene rings is 3. The SMILES string of the molecule is COC(OC)[C@H](C[C@H](CCCc1ccccc1)C(=O)NO)NC(=O)c1ccc(-c2cc3ccccc3o2)cc1. The summed E-state index contributed by atoms with van der Waals surface area (Å²) in [5, 5.41) is 13.3. The molecule has 0 unspecified atom stereocenters. The number of nitrogens with one attached hydrogen (secondary N) is 2. The van der Waals surface area contributed by atoms with Gasteiger partial charge in [-0.25, -0.2) is 5.48 Å². The summed E-state index contributed by atoms with van der Waals surface area (Å²) in [6.45, 7) is 0. The summed E-state index contributed by atoms with van der Waals surface area (Å²) in [6, 6.07) is 26.2. The van der Waals surface area contributed by atoms with E-state index in [1.165, 1.54) is 19.8 Å². The molecule has 0 aliphatic heterocycles. The average molecular weight is 531 g/mol. The number of para-hydroxylation sites is 1. The Balaban J connectivity index is 1.44. The van der Waals surface area contributed by atoms with Gasteiger partial charge in [-0.15, -0.1) is 0 Å². The summed E-state index contributed by atoms with van der Waals surface area (Å²) in [6.07, 6.45) is 1.47. The highest BCUT2D eigenvalue weighted by atomic mass is 16.7. The highest BCUT2D eigenvalue weighted by Gasteiger charge is 2.30. The molecular weight excluding hydrogens is 496 g/mol. The van der Waals surface area contributed by atoms with Gasteiger partial charge in [-0.2, -0.15) is 0 Å². The molecule has 39 heavy (non-hydrogen) atoms. The number of ether oxygens (including phenoxy) is 2. The zero-order chi connectivity index (χ0) is 27.6. The average Bonchev–Trinajstić information content (AvgIpc) is 3.42. The molecule has 0 bridgehead atoms. The van der Waals surface area contributed by atoms with Crippen LogP contribution in [0.4, 0.5) is 0 Å². The smallest absolute Gasteiger partial charge is 0.251 e. The Hall–Kier alpha value is -3.98. The quantitative estimate of drug-likeness (QED) is 0.122. The van der Waals surface area contributed by atoms with Gasteiger partial charge < -0.3 is 19.2 Å². The van der Waals surface area contributed by atoms with Crippen LogP contribution in [0, 0.1) is 5.92 Å². The Morgan fingerprint density at radius 1 is 0.923 bits per heavy atom. The predicted octanol–water partition coefficient (Wildman–Crippen LogP) is 5.35. The van der Waals surface area contributed by atoms with E-state index in [0.717, 1.165) is 29.4 Å². The first kappa shape index (κ1) is 28.0. The second kappa shape index (κ2) is 13.7. The van der Waals surface area contributed by atoms with Crippen molar-refractivity contribution in [1.82, 2.24) is 10.8 Å². The summed E-state index contributed by atoms with van der Waals surface area (Å²) in [5.74, 6) is -0.688. The fraction of sp³-hybridized carbons (Fsp3) is 0.290. The second-order valence-corrected chi connectivity index (χ2v) is 9.43. The Bertz CT molecular complexity index is 1320. The Morgan fingerprint density at radius 3 is 2.28 bits per heavy atom. The molecule has 1 heterocycles. The van der Waals surface area contributed by atoms with Crippen molar-refractivity contribution in [2.75, 3.05) is 14.2 Å². The van der Waals surface area contributed by atoms with Crippen molar-refractivity contribution in [3.8, 4) is 11.3 Å². The Morgan fingerprint density at radius 2 is 1.62 bits per heavy atom. The lowest BCUT2D eigenvalue weighted by molar-refractivity contribution is -0.139. The number of rotatable bonds is 13. The van der Waals surface area contributed by atoms with Gasteiger partial charge in [-0.1, -0.05) is 60.7 Å². The molecule has 0 saturated carbocycles. The summed E-state index contributed by atoms with van der Waals surface area (Å²) < 4.78 is 16.8. The predicted molar refractivity (Wildman–Crippen MR) is 148 cm³/mol. The number of hydrogen-bond acceptors (Lipinski definition) is 6. The molecule has 3 aromatic carbocycles. The summed E-state index contributed by atoms with van der Waals surface area (Å²) >= 11 is 0.